The minimum atomic E-state index is 0.676. The summed E-state index contributed by atoms with van der Waals surface area (Å²) in [6, 6.07) is 59.4. The molecule has 12 rings (SSSR count). The Morgan fingerprint density at radius 1 is 0.517 bits per heavy atom. The molecule has 0 radical (unpaired) electrons. The van der Waals surface area contributed by atoms with Crippen molar-refractivity contribution in [3.05, 3.63) is 188 Å². The standard InChI is InChI=1S/C49H31N7O2/c1-3-15-33(16-4-1)53-40-22-9-10-23-43(40)58-47-45-41(54(48(47)53)34-17-5-2-6-18-34)27-29-51-46(45)32-14-13-19-35(30-32)57-36-25-26-39-42(31-36)56(44-24-11-12-28-50-44)49-52-37-20-7-8-21-38(37)55(39)49/h1-31H. The highest BCUT2D eigenvalue weighted by Crippen LogP contribution is 2.56. The molecule has 0 spiro atoms. The second kappa shape index (κ2) is 12.7. The molecule has 0 atom stereocenters. The zero-order valence-electron chi connectivity index (χ0n) is 30.8. The molecular formula is C49H31N7O2. The third-order valence-corrected chi connectivity index (χ3v) is 10.8. The van der Waals surface area contributed by atoms with Crippen LogP contribution in [0.1, 0.15) is 0 Å². The van der Waals surface area contributed by atoms with Gasteiger partial charge < -0.3 is 9.47 Å². The van der Waals surface area contributed by atoms with Gasteiger partial charge in [-0.05, 0) is 91.0 Å². The highest BCUT2D eigenvalue weighted by Gasteiger charge is 2.34. The lowest BCUT2D eigenvalue weighted by Crippen LogP contribution is -2.18. The maximum Gasteiger partial charge on any atom is 0.221 e. The number of nitrogens with zero attached hydrogens (tertiary/aromatic N) is 7. The number of aromatic nitrogens is 6. The van der Waals surface area contributed by atoms with Crippen molar-refractivity contribution in [3.63, 3.8) is 0 Å². The number of pyridine rings is 2. The van der Waals surface area contributed by atoms with E-state index >= 15 is 0 Å². The molecular weight excluding hydrogens is 719 g/mol. The van der Waals surface area contributed by atoms with E-state index in [0.29, 0.717) is 11.5 Å². The van der Waals surface area contributed by atoms with Crippen molar-refractivity contribution >= 4 is 55.9 Å². The Balaban J connectivity index is 1.01. The number of fused-ring (bicyclic) bond motifs is 9. The van der Waals surface area contributed by atoms with E-state index in [0.717, 1.165) is 90.2 Å². The molecule has 0 aliphatic carbocycles. The number of para-hydroxylation sites is 6. The minimum absolute atomic E-state index is 0.676. The Kier molecular flexibility index (Phi) is 7.02. The van der Waals surface area contributed by atoms with Crippen LogP contribution in [0.3, 0.4) is 0 Å². The lowest BCUT2D eigenvalue weighted by atomic mass is 10.1. The van der Waals surface area contributed by atoms with E-state index in [-0.39, 0.29) is 0 Å². The van der Waals surface area contributed by atoms with E-state index in [1.54, 1.807) is 6.20 Å². The van der Waals surface area contributed by atoms with Crippen LogP contribution in [-0.2, 0) is 0 Å². The van der Waals surface area contributed by atoms with Crippen LogP contribution in [0.15, 0.2) is 188 Å². The highest BCUT2D eigenvalue weighted by molar-refractivity contribution is 6.07. The highest BCUT2D eigenvalue weighted by atomic mass is 16.5. The molecule has 274 valence electrons. The Morgan fingerprint density at radius 3 is 2.16 bits per heavy atom. The average molecular weight is 750 g/mol. The van der Waals surface area contributed by atoms with Gasteiger partial charge in [-0.25, -0.2) is 9.97 Å². The van der Waals surface area contributed by atoms with E-state index < -0.39 is 0 Å². The first kappa shape index (κ1) is 32.1. The zero-order chi connectivity index (χ0) is 38.2. The number of imidazole rings is 2. The normalized spacial score (nSPS) is 12.2. The summed E-state index contributed by atoms with van der Waals surface area (Å²) in [7, 11) is 0. The topological polar surface area (TPSA) is 74.6 Å². The fourth-order valence-corrected chi connectivity index (χ4v) is 8.33. The van der Waals surface area contributed by atoms with Crippen LogP contribution in [0.25, 0.3) is 61.5 Å². The van der Waals surface area contributed by atoms with Gasteiger partial charge in [0.1, 0.15) is 17.3 Å². The van der Waals surface area contributed by atoms with Gasteiger partial charge in [0.2, 0.25) is 5.78 Å². The van der Waals surface area contributed by atoms with Crippen molar-refractivity contribution < 1.29 is 9.47 Å². The Bertz CT molecular complexity index is 3350. The number of rotatable bonds is 6. The van der Waals surface area contributed by atoms with Crippen LogP contribution in [0.5, 0.6) is 23.0 Å². The quantitative estimate of drug-likeness (QED) is 0.168. The van der Waals surface area contributed by atoms with Crippen molar-refractivity contribution in [2.75, 3.05) is 4.90 Å². The molecule has 0 bridgehead atoms. The van der Waals surface area contributed by atoms with Crippen LogP contribution >= 0.6 is 0 Å². The van der Waals surface area contributed by atoms with Gasteiger partial charge in [-0.1, -0.05) is 78.9 Å². The number of ether oxygens (including phenoxy) is 2. The van der Waals surface area contributed by atoms with Gasteiger partial charge in [0.25, 0.3) is 0 Å². The molecule has 0 amide bonds. The van der Waals surface area contributed by atoms with Crippen LogP contribution in [-0.4, -0.2) is 28.5 Å². The van der Waals surface area contributed by atoms with Crippen molar-refractivity contribution in [2.45, 2.75) is 0 Å². The first-order valence-electron chi connectivity index (χ1n) is 19.1. The molecule has 11 aromatic rings. The van der Waals surface area contributed by atoms with E-state index in [1.807, 2.05) is 97.2 Å². The summed E-state index contributed by atoms with van der Waals surface area (Å²) in [5, 5.41) is 0.902. The van der Waals surface area contributed by atoms with Crippen LogP contribution in [0, 0.1) is 0 Å². The van der Waals surface area contributed by atoms with Crippen LogP contribution in [0.4, 0.5) is 17.2 Å². The molecule has 1 aliphatic heterocycles. The first-order chi connectivity index (χ1) is 28.8. The largest absolute Gasteiger partial charge is 0.457 e. The Hall–Kier alpha value is -8.17. The third kappa shape index (κ3) is 4.87. The molecule has 6 heterocycles. The Labute approximate surface area is 331 Å². The summed E-state index contributed by atoms with van der Waals surface area (Å²) in [4.78, 5) is 17.0. The summed E-state index contributed by atoms with van der Waals surface area (Å²) in [6.07, 6.45) is 3.67. The molecule has 0 fully saturated rings. The lowest BCUT2D eigenvalue weighted by molar-refractivity contribution is 0.481. The molecule has 0 saturated heterocycles. The molecule has 0 N–H and O–H groups in total. The first-order valence-corrected chi connectivity index (χ1v) is 19.1. The maximum atomic E-state index is 6.92. The van der Waals surface area contributed by atoms with Gasteiger partial charge in [0, 0.05) is 35.4 Å². The summed E-state index contributed by atoms with van der Waals surface area (Å²) < 4.78 is 20.1. The predicted molar refractivity (Wildman–Crippen MR) is 229 cm³/mol. The zero-order valence-corrected chi connectivity index (χ0v) is 30.8. The molecule has 9 heteroatoms. The van der Waals surface area contributed by atoms with E-state index in [9.17, 15) is 0 Å². The third-order valence-electron chi connectivity index (χ3n) is 10.8. The monoisotopic (exact) mass is 749 g/mol. The van der Waals surface area contributed by atoms with Crippen LogP contribution < -0.4 is 14.4 Å². The molecule has 0 saturated carbocycles. The SMILES string of the molecule is c1ccc(N2c3ccccc3Oc3c2n(-c2ccccc2)c2ccnc(-c4cccc(Oc5ccc6c(c5)n(-c5ccccn5)c5nc7ccccc7n65)c4)c32)cc1. The van der Waals surface area contributed by atoms with Crippen molar-refractivity contribution in [2.24, 2.45) is 0 Å². The molecule has 1 aliphatic rings. The van der Waals surface area contributed by atoms with Gasteiger partial charge in [-0.2, -0.15) is 0 Å². The van der Waals surface area contributed by atoms with E-state index in [4.69, 9.17) is 24.4 Å². The van der Waals surface area contributed by atoms with Gasteiger partial charge in [-0.15, -0.1) is 0 Å². The van der Waals surface area contributed by atoms with Crippen molar-refractivity contribution in [1.82, 2.24) is 28.5 Å². The summed E-state index contributed by atoms with van der Waals surface area (Å²) in [5.74, 6) is 5.32. The van der Waals surface area contributed by atoms with E-state index in [2.05, 4.69) is 103 Å². The average Bonchev–Trinajstić information content (AvgIpc) is 3.93. The van der Waals surface area contributed by atoms with Gasteiger partial charge in [0.15, 0.2) is 17.3 Å². The van der Waals surface area contributed by atoms with Crippen LogP contribution in [0.2, 0.25) is 0 Å². The molecule has 9 nitrogen and oxygen atoms in total. The lowest BCUT2D eigenvalue weighted by Gasteiger charge is -2.32. The number of anilines is 3. The van der Waals surface area contributed by atoms with Gasteiger partial charge in [0.05, 0.1) is 44.4 Å². The van der Waals surface area contributed by atoms with E-state index in [1.165, 1.54) is 0 Å². The predicted octanol–water partition coefficient (Wildman–Crippen LogP) is 12.2. The molecule has 58 heavy (non-hydrogen) atoms. The summed E-state index contributed by atoms with van der Waals surface area (Å²) in [5.41, 5.74) is 9.54. The van der Waals surface area contributed by atoms with Crippen molar-refractivity contribution in [1.29, 1.82) is 0 Å². The van der Waals surface area contributed by atoms with Crippen molar-refractivity contribution in [3.8, 4) is 45.8 Å². The molecule has 0 unspecified atom stereocenters. The smallest absolute Gasteiger partial charge is 0.221 e. The maximum absolute atomic E-state index is 6.92. The Morgan fingerprint density at radius 2 is 1.29 bits per heavy atom. The molecule has 5 aromatic heterocycles. The van der Waals surface area contributed by atoms with Gasteiger partial charge >= 0.3 is 0 Å². The fourth-order valence-electron chi connectivity index (χ4n) is 8.33. The fraction of sp³-hybridized carbons (Fsp3) is 0. The van der Waals surface area contributed by atoms with Gasteiger partial charge in [-0.3, -0.25) is 23.4 Å². The number of benzene rings is 6. The summed E-state index contributed by atoms with van der Waals surface area (Å²) in [6.45, 7) is 0. The molecule has 6 aromatic carbocycles. The second-order valence-electron chi connectivity index (χ2n) is 14.2. The summed E-state index contributed by atoms with van der Waals surface area (Å²) >= 11 is 0. The number of hydrogen-bond acceptors (Lipinski definition) is 6. The minimum Gasteiger partial charge on any atom is -0.457 e. The number of hydrogen-bond donors (Lipinski definition) is 0. The second-order valence-corrected chi connectivity index (χ2v) is 14.2.